The highest BCUT2D eigenvalue weighted by molar-refractivity contribution is 9.10. The molecule has 0 radical (unpaired) electrons. The molecule has 0 saturated carbocycles. The molecule has 0 aliphatic heterocycles. The van der Waals surface area contributed by atoms with Crippen molar-refractivity contribution in [3.05, 3.63) is 102 Å². The lowest BCUT2D eigenvalue weighted by Gasteiger charge is -2.10. The van der Waals surface area contributed by atoms with Gasteiger partial charge in [0.2, 0.25) is 0 Å². The van der Waals surface area contributed by atoms with Crippen LogP contribution in [0.4, 0.5) is 0 Å². The van der Waals surface area contributed by atoms with Gasteiger partial charge >= 0.3 is 0 Å². The van der Waals surface area contributed by atoms with Gasteiger partial charge in [-0.2, -0.15) is 0 Å². The lowest BCUT2D eigenvalue weighted by atomic mass is 9.99. The molecule has 0 atom stereocenters. The minimum atomic E-state index is 1.10. The predicted molar refractivity (Wildman–Crippen MR) is 139 cm³/mol. The standard InChI is InChI=1S/C28H16BrNS/c29-17-14-15-23-22(16-17)25-19-10-4-5-11-20(19)26-21-12-6-7-13-24(21)31-28(26)27(25)30(23)18-8-2-1-3-9-18/h1-16H. The molecule has 0 bridgehead atoms. The van der Waals surface area contributed by atoms with Crippen LogP contribution in [0.3, 0.4) is 0 Å². The quantitative estimate of drug-likeness (QED) is 0.222. The van der Waals surface area contributed by atoms with E-state index in [1.54, 1.807) is 0 Å². The number of aromatic nitrogens is 1. The van der Waals surface area contributed by atoms with E-state index in [1.807, 2.05) is 11.3 Å². The van der Waals surface area contributed by atoms with Crippen LogP contribution in [-0.2, 0) is 0 Å². The van der Waals surface area contributed by atoms with Gasteiger partial charge in [0.25, 0.3) is 0 Å². The van der Waals surface area contributed by atoms with Gasteiger partial charge in [0, 0.05) is 36.4 Å². The molecule has 0 N–H and O–H groups in total. The molecule has 0 saturated heterocycles. The molecule has 2 heterocycles. The average Bonchev–Trinajstić information content (AvgIpc) is 3.36. The minimum Gasteiger partial charge on any atom is -0.308 e. The number of thiophene rings is 1. The molecule has 0 fully saturated rings. The van der Waals surface area contributed by atoms with Gasteiger partial charge < -0.3 is 4.57 Å². The number of para-hydroxylation sites is 1. The van der Waals surface area contributed by atoms with Crippen LogP contribution in [0.5, 0.6) is 0 Å². The van der Waals surface area contributed by atoms with E-state index in [-0.39, 0.29) is 0 Å². The number of hydrogen-bond donors (Lipinski definition) is 0. The first-order valence-electron chi connectivity index (χ1n) is 10.3. The van der Waals surface area contributed by atoms with Crippen molar-refractivity contribution >= 4 is 80.0 Å². The van der Waals surface area contributed by atoms with E-state index in [4.69, 9.17) is 0 Å². The third-order valence-electron chi connectivity index (χ3n) is 6.22. The van der Waals surface area contributed by atoms with E-state index in [0.717, 1.165) is 4.47 Å². The van der Waals surface area contributed by atoms with E-state index in [9.17, 15) is 0 Å². The minimum absolute atomic E-state index is 1.10. The molecule has 1 nitrogen and oxygen atoms in total. The summed E-state index contributed by atoms with van der Waals surface area (Å²) in [6, 6.07) is 35.0. The van der Waals surface area contributed by atoms with Crippen molar-refractivity contribution in [3.8, 4) is 5.69 Å². The first-order valence-corrected chi connectivity index (χ1v) is 11.9. The van der Waals surface area contributed by atoms with Crippen molar-refractivity contribution in [3.63, 3.8) is 0 Å². The van der Waals surface area contributed by atoms with Gasteiger partial charge in [-0.25, -0.2) is 0 Å². The van der Waals surface area contributed by atoms with Crippen molar-refractivity contribution in [2.24, 2.45) is 0 Å². The summed E-state index contributed by atoms with van der Waals surface area (Å²) in [5.74, 6) is 0. The third kappa shape index (κ3) is 2.36. The summed E-state index contributed by atoms with van der Waals surface area (Å²) in [5.41, 5.74) is 3.73. The van der Waals surface area contributed by atoms with Crippen molar-refractivity contribution < 1.29 is 0 Å². The van der Waals surface area contributed by atoms with Crippen LogP contribution in [-0.4, -0.2) is 4.57 Å². The zero-order valence-electron chi connectivity index (χ0n) is 16.5. The number of hydrogen-bond acceptors (Lipinski definition) is 1. The van der Waals surface area contributed by atoms with E-state index in [2.05, 4.69) is 118 Å². The molecule has 7 rings (SSSR count). The summed E-state index contributed by atoms with van der Waals surface area (Å²) in [6.45, 7) is 0. The fourth-order valence-corrected chi connectivity index (χ4v) is 6.61. The summed E-state index contributed by atoms with van der Waals surface area (Å²) in [7, 11) is 0. The lowest BCUT2D eigenvalue weighted by molar-refractivity contribution is 1.19. The molecule has 31 heavy (non-hydrogen) atoms. The molecule has 146 valence electrons. The van der Waals surface area contributed by atoms with Crippen molar-refractivity contribution in [1.29, 1.82) is 0 Å². The smallest absolute Gasteiger partial charge is 0.0726 e. The zero-order valence-corrected chi connectivity index (χ0v) is 18.9. The highest BCUT2D eigenvalue weighted by atomic mass is 79.9. The Morgan fingerprint density at radius 3 is 2.10 bits per heavy atom. The number of rotatable bonds is 1. The number of halogens is 1. The average molecular weight is 478 g/mol. The molecular weight excluding hydrogens is 462 g/mol. The van der Waals surface area contributed by atoms with Crippen molar-refractivity contribution in [2.45, 2.75) is 0 Å². The second-order valence-corrected chi connectivity index (χ2v) is 9.87. The molecular formula is C28H16BrNS. The molecule has 0 spiro atoms. The molecule has 0 unspecified atom stereocenters. The zero-order chi connectivity index (χ0) is 20.5. The molecule has 5 aromatic carbocycles. The van der Waals surface area contributed by atoms with Crippen LogP contribution in [0.1, 0.15) is 0 Å². The Balaban J connectivity index is 1.89. The van der Waals surface area contributed by atoms with Crippen molar-refractivity contribution in [1.82, 2.24) is 4.57 Å². The van der Waals surface area contributed by atoms with E-state index in [0.29, 0.717) is 0 Å². The predicted octanol–water partition coefficient (Wildman–Crippen LogP) is 9.07. The van der Waals surface area contributed by atoms with Crippen LogP contribution in [0.15, 0.2) is 102 Å². The van der Waals surface area contributed by atoms with E-state index in [1.165, 1.54) is 58.4 Å². The SMILES string of the molecule is Brc1ccc2c(c1)c1c3ccccc3c3c4ccccc4sc3c1n2-c1ccccc1. The van der Waals surface area contributed by atoms with Crippen LogP contribution in [0.25, 0.3) is 58.4 Å². The van der Waals surface area contributed by atoms with Crippen molar-refractivity contribution in [2.75, 3.05) is 0 Å². The monoisotopic (exact) mass is 477 g/mol. The third-order valence-corrected chi connectivity index (χ3v) is 7.89. The highest BCUT2D eigenvalue weighted by Gasteiger charge is 2.21. The largest absolute Gasteiger partial charge is 0.308 e. The van der Waals surface area contributed by atoms with Crippen LogP contribution < -0.4 is 0 Å². The number of nitrogens with zero attached hydrogens (tertiary/aromatic N) is 1. The first kappa shape index (κ1) is 17.5. The Bertz CT molecular complexity index is 1790. The summed E-state index contributed by atoms with van der Waals surface area (Å²) in [4.78, 5) is 0. The molecule has 0 aliphatic carbocycles. The Kier molecular flexibility index (Phi) is 3.64. The summed E-state index contributed by atoms with van der Waals surface area (Å²) < 4.78 is 6.24. The van der Waals surface area contributed by atoms with E-state index < -0.39 is 0 Å². The lowest BCUT2D eigenvalue weighted by Crippen LogP contribution is -1.93. The van der Waals surface area contributed by atoms with Gasteiger partial charge in [0.15, 0.2) is 0 Å². The second kappa shape index (κ2) is 6.43. The Morgan fingerprint density at radius 1 is 0.613 bits per heavy atom. The highest BCUT2D eigenvalue weighted by Crippen LogP contribution is 2.47. The molecule has 0 aliphatic rings. The summed E-state index contributed by atoms with van der Waals surface area (Å²) in [5, 5.41) is 7.95. The summed E-state index contributed by atoms with van der Waals surface area (Å²) in [6.07, 6.45) is 0. The van der Waals surface area contributed by atoms with Gasteiger partial charge in [-0.05, 0) is 47.2 Å². The van der Waals surface area contributed by atoms with Gasteiger partial charge in [0.1, 0.15) is 0 Å². The normalized spacial score (nSPS) is 12.0. The second-order valence-electron chi connectivity index (χ2n) is 7.90. The summed E-state index contributed by atoms with van der Waals surface area (Å²) >= 11 is 5.62. The maximum Gasteiger partial charge on any atom is 0.0726 e. The van der Waals surface area contributed by atoms with Gasteiger partial charge in [0.05, 0.1) is 15.7 Å². The topological polar surface area (TPSA) is 4.93 Å². The Hall–Kier alpha value is -3.14. The first-order chi connectivity index (χ1) is 15.3. The van der Waals surface area contributed by atoms with Crippen LogP contribution >= 0.6 is 27.3 Å². The number of benzene rings is 5. The van der Waals surface area contributed by atoms with Gasteiger partial charge in [-0.1, -0.05) is 76.6 Å². The van der Waals surface area contributed by atoms with E-state index >= 15 is 0 Å². The Labute approximate surface area is 191 Å². The molecule has 2 aromatic heterocycles. The fourth-order valence-electron chi connectivity index (χ4n) is 5.00. The molecule has 7 aromatic rings. The van der Waals surface area contributed by atoms with Crippen LogP contribution in [0, 0.1) is 0 Å². The van der Waals surface area contributed by atoms with Gasteiger partial charge in [-0.15, -0.1) is 11.3 Å². The maximum atomic E-state index is 3.72. The number of fused-ring (bicyclic) bond motifs is 10. The molecule has 3 heteroatoms. The Morgan fingerprint density at radius 2 is 1.29 bits per heavy atom. The maximum absolute atomic E-state index is 3.72. The molecule has 0 amide bonds. The van der Waals surface area contributed by atoms with Gasteiger partial charge in [-0.3, -0.25) is 0 Å². The van der Waals surface area contributed by atoms with Crippen LogP contribution in [0.2, 0.25) is 0 Å². The fraction of sp³-hybridized carbons (Fsp3) is 0.